The van der Waals surface area contributed by atoms with Gasteiger partial charge in [-0.15, -0.1) is 0 Å². The maximum Gasteiger partial charge on any atom is 0.261 e. The first kappa shape index (κ1) is 24.1. The normalized spacial score (nSPS) is 17.0. The first-order chi connectivity index (χ1) is 15.0. The predicted molar refractivity (Wildman–Crippen MR) is 126 cm³/mol. The number of halogens is 1. The van der Waals surface area contributed by atoms with E-state index in [2.05, 4.69) is 31.0 Å². The van der Waals surface area contributed by atoms with Crippen LogP contribution in [0.15, 0.2) is 42.5 Å². The molecule has 1 aliphatic heterocycles. The molecule has 0 spiro atoms. The molecule has 1 amide bonds. The van der Waals surface area contributed by atoms with E-state index in [-0.39, 0.29) is 23.2 Å². The molecule has 0 aromatic heterocycles. The number of piperidine rings is 1. The fourth-order valence-electron chi connectivity index (χ4n) is 3.97. The van der Waals surface area contributed by atoms with Gasteiger partial charge in [0.25, 0.3) is 5.91 Å². The van der Waals surface area contributed by atoms with Gasteiger partial charge in [0, 0.05) is 24.3 Å². The summed E-state index contributed by atoms with van der Waals surface area (Å²) in [5.74, 6) is 0.0263. The summed E-state index contributed by atoms with van der Waals surface area (Å²) in [6.45, 7) is 11.4. The Kier molecular flexibility index (Phi) is 7.44. The average Bonchev–Trinajstić information content (AvgIpc) is 2.74. The van der Waals surface area contributed by atoms with E-state index >= 15 is 0 Å². The first-order valence-corrected chi connectivity index (χ1v) is 11.3. The van der Waals surface area contributed by atoms with Gasteiger partial charge in [-0.2, -0.15) is 0 Å². The van der Waals surface area contributed by atoms with Crippen molar-refractivity contribution in [2.75, 3.05) is 18.0 Å². The van der Waals surface area contributed by atoms with E-state index in [1.54, 1.807) is 13.0 Å². The average molecular weight is 443 g/mol. The highest BCUT2D eigenvalue weighted by Gasteiger charge is 2.24. The lowest BCUT2D eigenvalue weighted by molar-refractivity contribution is -0.127. The maximum absolute atomic E-state index is 14.0. The van der Waals surface area contributed by atoms with E-state index in [9.17, 15) is 14.3 Å². The number of aliphatic hydroxyl groups excluding tert-OH is 1. The molecule has 0 bridgehead atoms. The van der Waals surface area contributed by atoms with Crippen molar-refractivity contribution in [3.63, 3.8) is 0 Å². The van der Waals surface area contributed by atoms with E-state index < -0.39 is 12.1 Å². The summed E-state index contributed by atoms with van der Waals surface area (Å²) in [6.07, 6.45) is 0.371. The summed E-state index contributed by atoms with van der Waals surface area (Å²) in [5, 5.41) is 12.8. The number of anilines is 1. The number of benzene rings is 2. The minimum absolute atomic E-state index is 0.0477. The van der Waals surface area contributed by atoms with Crippen molar-refractivity contribution in [2.45, 2.75) is 71.1 Å². The van der Waals surface area contributed by atoms with Crippen molar-refractivity contribution in [1.82, 2.24) is 5.32 Å². The van der Waals surface area contributed by atoms with Gasteiger partial charge >= 0.3 is 0 Å². The van der Waals surface area contributed by atoms with E-state index in [1.165, 1.54) is 17.7 Å². The van der Waals surface area contributed by atoms with Gasteiger partial charge in [0.2, 0.25) is 0 Å². The van der Waals surface area contributed by atoms with Crippen molar-refractivity contribution >= 4 is 11.6 Å². The number of hydrogen-bond donors (Lipinski definition) is 2. The molecule has 5 nitrogen and oxygen atoms in total. The number of ether oxygens (including phenoxy) is 1. The second-order valence-corrected chi connectivity index (χ2v) is 9.69. The van der Waals surface area contributed by atoms with Crippen LogP contribution >= 0.6 is 0 Å². The van der Waals surface area contributed by atoms with Gasteiger partial charge in [-0.05, 0) is 68.0 Å². The number of aliphatic hydroxyl groups is 1. The van der Waals surface area contributed by atoms with Gasteiger partial charge in [0.05, 0.1) is 12.1 Å². The Morgan fingerprint density at radius 2 is 1.75 bits per heavy atom. The van der Waals surface area contributed by atoms with Crippen LogP contribution in [0.25, 0.3) is 0 Å². The van der Waals surface area contributed by atoms with Gasteiger partial charge in [-0.3, -0.25) is 4.79 Å². The van der Waals surface area contributed by atoms with Crippen LogP contribution in [0.5, 0.6) is 5.75 Å². The van der Waals surface area contributed by atoms with Crippen LogP contribution in [0.1, 0.15) is 64.6 Å². The largest absolute Gasteiger partial charge is 0.481 e. The SMILES string of the molecule is CC(Oc1ccc(C(C)(C)C)cc1)C(=O)NC(C)c1cc(F)ccc1N1CCC(O)CC1. The number of rotatable bonds is 6. The van der Waals surface area contributed by atoms with Crippen LogP contribution in [0.3, 0.4) is 0 Å². The fraction of sp³-hybridized carbons (Fsp3) is 0.500. The second kappa shape index (κ2) is 9.90. The van der Waals surface area contributed by atoms with Crippen LogP contribution in [0.2, 0.25) is 0 Å². The van der Waals surface area contributed by atoms with E-state index in [4.69, 9.17) is 4.74 Å². The maximum atomic E-state index is 14.0. The molecule has 174 valence electrons. The fourth-order valence-corrected chi connectivity index (χ4v) is 3.97. The molecule has 1 saturated heterocycles. The standard InChI is InChI=1S/C26H35FN2O3/c1-17(23-16-20(27)8-11-24(23)29-14-12-21(30)13-15-29)28-25(31)18(2)32-22-9-6-19(7-10-22)26(3,4)5/h6-11,16-18,21,30H,12-15H2,1-5H3,(H,28,31). The summed E-state index contributed by atoms with van der Waals surface area (Å²) < 4.78 is 19.9. The molecule has 1 heterocycles. The Morgan fingerprint density at radius 1 is 1.12 bits per heavy atom. The van der Waals surface area contributed by atoms with Crippen molar-refractivity contribution in [3.05, 3.63) is 59.4 Å². The zero-order valence-corrected chi connectivity index (χ0v) is 19.7. The minimum atomic E-state index is -0.694. The third-order valence-corrected chi connectivity index (χ3v) is 6.02. The smallest absolute Gasteiger partial charge is 0.261 e. The molecule has 1 aliphatic rings. The Bertz CT molecular complexity index is 916. The molecule has 0 saturated carbocycles. The summed E-state index contributed by atoms with van der Waals surface area (Å²) in [6, 6.07) is 12.0. The molecular weight excluding hydrogens is 407 g/mol. The van der Waals surface area contributed by atoms with Crippen molar-refractivity contribution in [2.24, 2.45) is 0 Å². The van der Waals surface area contributed by atoms with Crippen molar-refractivity contribution < 1.29 is 19.0 Å². The van der Waals surface area contributed by atoms with Gasteiger partial charge in [0.1, 0.15) is 11.6 Å². The van der Waals surface area contributed by atoms with E-state index in [0.717, 1.165) is 11.3 Å². The number of carbonyl (C=O) groups excluding carboxylic acids is 1. The minimum Gasteiger partial charge on any atom is -0.481 e. The highest BCUT2D eigenvalue weighted by Crippen LogP contribution is 2.30. The molecule has 2 unspecified atom stereocenters. The van der Waals surface area contributed by atoms with E-state index in [0.29, 0.717) is 31.7 Å². The van der Waals surface area contributed by atoms with Crippen molar-refractivity contribution in [3.8, 4) is 5.75 Å². The predicted octanol–water partition coefficient (Wildman–Crippen LogP) is 4.73. The third-order valence-electron chi connectivity index (χ3n) is 6.02. The molecule has 2 aromatic rings. The molecule has 2 N–H and O–H groups in total. The molecule has 1 fully saturated rings. The van der Waals surface area contributed by atoms with Crippen LogP contribution in [-0.4, -0.2) is 36.3 Å². The van der Waals surface area contributed by atoms with Crippen molar-refractivity contribution in [1.29, 1.82) is 0 Å². The zero-order chi connectivity index (χ0) is 23.5. The number of amides is 1. The Balaban J connectivity index is 1.66. The molecule has 6 heteroatoms. The molecule has 2 atom stereocenters. The molecule has 32 heavy (non-hydrogen) atoms. The lowest BCUT2D eigenvalue weighted by atomic mass is 9.87. The molecule has 3 rings (SSSR count). The Morgan fingerprint density at radius 3 is 2.34 bits per heavy atom. The van der Waals surface area contributed by atoms with Crippen LogP contribution in [0.4, 0.5) is 10.1 Å². The summed E-state index contributed by atoms with van der Waals surface area (Å²) in [7, 11) is 0. The van der Waals surface area contributed by atoms with Crippen LogP contribution in [-0.2, 0) is 10.2 Å². The van der Waals surface area contributed by atoms with Gasteiger partial charge in [-0.25, -0.2) is 4.39 Å². The lowest BCUT2D eigenvalue weighted by Gasteiger charge is -2.34. The summed E-state index contributed by atoms with van der Waals surface area (Å²) in [5.41, 5.74) is 2.85. The molecular formula is C26H35FN2O3. The second-order valence-electron chi connectivity index (χ2n) is 9.69. The number of carbonyl (C=O) groups is 1. The summed E-state index contributed by atoms with van der Waals surface area (Å²) >= 11 is 0. The molecule has 0 aliphatic carbocycles. The third kappa shape index (κ3) is 6.00. The quantitative estimate of drug-likeness (QED) is 0.679. The lowest BCUT2D eigenvalue weighted by Crippen LogP contribution is -2.39. The van der Waals surface area contributed by atoms with Gasteiger partial charge < -0.3 is 20.1 Å². The topological polar surface area (TPSA) is 61.8 Å². The van der Waals surface area contributed by atoms with Gasteiger partial charge in [-0.1, -0.05) is 32.9 Å². The Labute approximate surface area is 190 Å². The Hall–Kier alpha value is -2.60. The zero-order valence-electron chi connectivity index (χ0n) is 19.7. The molecule has 0 radical (unpaired) electrons. The van der Waals surface area contributed by atoms with Gasteiger partial charge in [0.15, 0.2) is 6.10 Å². The number of nitrogens with one attached hydrogen (secondary N) is 1. The van der Waals surface area contributed by atoms with Crippen LogP contribution in [0, 0.1) is 5.82 Å². The number of nitrogens with zero attached hydrogens (tertiary/aromatic N) is 1. The highest BCUT2D eigenvalue weighted by atomic mass is 19.1. The molecule has 2 aromatic carbocycles. The van der Waals surface area contributed by atoms with Crippen LogP contribution < -0.4 is 15.0 Å². The first-order valence-electron chi connectivity index (χ1n) is 11.3. The monoisotopic (exact) mass is 442 g/mol. The van der Waals surface area contributed by atoms with E-state index in [1.807, 2.05) is 31.2 Å². The number of hydrogen-bond acceptors (Lipinski definition) is 4. The highest BCUT2D eigenvalue weighted by molar-refractivity contribution is 5.81. The summed E-state index contributed by atoms with van der Waals surface area (Å²) in [4.78, 5) is 14.9.